The van der Waals surface area contributed by atoms with Crippen LogP contribution in [0.5, 0.6) is 5.75 Å². The van der Waals surface area contributed by atoms with Crippen LogP contribution in [0.1, 0.15) is 36.9 Å². The second-order valence-electron chi connectivity index (χ2n) is 6.61. The predicted molar refractivity (Wildman–Crippen MR) is 101 cm³/mol. The number of fused-ring (bicyclic) bond motifs is 1. The Balaban J connectivity index is 1.53. The number of aryl methyl sites for hydroxylation is 1. The fourth-order valence-electron chi connectivity index (χ4n) is 3.09. The lowest BCUT2D eigenvalue weighted by atomic mass is 10.1. The van der Waals surface area contributed by atoms with Gasteiger partial charge in [-0.15, -0.1) is 0 Å². The van der Waals surface area contributed by atoms with Crippen molar-refractivity contribution in [3.05, 3.63) is 59.7 Å². The van der Waals surface area contributed by atoms with E-state index in [1.54, 1.807) is 4.90 Å². The van der Waals surface area contributed by atoms with E-state index in [1.165, 1.54) is 0 Å². The molecular weight excluding hydrogens is 328 g/mol. The summed E-state index contributed by atoms with van der Waals surface area (Å²) in [5.74, 6) is 0.650. The fourth-order valence-corrected chi connectivity index (χ4v) is 3.09. The smallest absolute Gasteiger partial charge is 0.265 e. The normalized spacial score (nSPS) is 14.4. The molecule has 0 saturated heterocycles. The summed E-state index contributed by atoms with van der Waals surface area (Å²) in [4.78, 5) is 26.1. The molecule has 1 aliphatic heterocycles. The number of hydrogen-bond acceptors (Lipinski definition) is 3. The summed E-state index contributed by atoms with van der Waals surface area (Å²) in [5, 5.41) is 3.00. The first-order valence-electron chi connectivity index (χ1n) is 8.93. The van der Waals surface area contributed by atoms with E-state index in [1.807, 2.05) is 62.4 Å². The molecule has 3 rings (SSSR count). The third-order valence-corrected chi connectivity index (χ3v) is 4.52. The first-order chi connectivity index (χ1) is 12.5. The van der Waals surface area contributed by atoms with Crippen molar-refractivity contribution in [1.29, 1.82) is 0 Å². The lowest BCUT2D eigenvalue weighted by molar-refractivity contribution is -0.123. The number of nitrogens with one attached hydrogen (secondary N) is 1. The fraction of sp³-hybridized carbons (Fsp3) is 0.333. The minimum absolute atomic E-state index is 0.00816. The van der Waals surface area contributed by atoms with Gasteiger partial charge in [0.1, 0.15) is 5.75 Å². The van der Waals surface area contributed by atoms with E-state index in [2.05, 4.69) is 5.32 Å². The van der Waals surface area contributed by atoms with Crippen LogP contribution in [-0.4, -0.2) is 25.0 Å². The van der Waals surface area contributed by atoms with Crippen LogP contribution in [0, 0.1) is 6.92 Å². The molecule has 0 aliphatic carbocycles. The number of carbonyl (C=O) groups is 2. The van der Waals surface area contributed by atoms with Crippen LogP contribution >= 0.6 is 0 Å². The number of benzene rings is 2. The Morgan fingerprint density at radius 2 is 2.00 bits per heavy atom. The lowest BCUT2D eigenvalue weighted by Crippen LogP contribution is -2.39. The summed E-state index contributed by atoms with van der Waals surface area (Å²) in [7, 11) is 0. The summed E-state index contributed by atoms with van der Waals surface area (Å²) >= 11 is 0. The van der Waals surface area contributed by atoms with Crippen LogP contribution in [0.2, 0.25) is 0 Å². The minimum atomic E-state index is -0.0700. The molecule has 0 aromatic heterocycles. The van der Waals surface area contributed by atoms with Crippen molar-refractivity contribution in [3.63, 3.8) is 0 Å². The van der Waals surface area contributed by atoms with Crippen LogP contribution in [0.25, 0.3) is 0 Å². The Bertz CT molecular complexity index is 789. The second-order valence-corrected chi connectivity index (χ2v) is 6.61. The molecule has 5 nitrogen and oxygen atoms in total. The van der Waals surface area contributed by atoms with Crippen molar-refractivity contribution in [2.75, 3.05) is 18.1 Å². The standard InChI is InChI=1S/C21H24N2O3/c1-15-10-11-18-19(13-15)26-14-21(25)23(18)12-6-9-20(24)22-16(2)17-7-4-3-5-8-17/h3-5,7-8,10-11,13,16H,6,9,12,14H2,1-2H3,(H,22,24)/t16-/m1/s1. The lowest BCUT2D eigenvalue weighted by Gasteiger charge is -2.29. The van der Waals surface area contributed by atoms with Gasteiger partial charge >= 0.3 is 0 Å². The van der Waals surface area contributed by atoms with E-state index in [0.717, 1.165) is 22.6 Å². The number of anilines is 1. The first-order valence-corrected chi connectivity index (χ1v) is 8.93. The maximum absolute atomic E-state index is 12.2. The molecule has 0 bridgehead atoms. The van der Waals surface area contributed by atoms with Crippen LogP contribution in [0.3, 0.4) is 0 Å². The van der Waals surface area contributed by atoms with Gasteiger partial charge in [0.15, 0.2) is 6.61 Å². The van der Waals surface area contributed by atoms with Crippen molar-refractivity contribution in [2.24, 2.45) is 0 Å². The molecule has 1 heterocycles. The highest BCUT2D eigenvalue weighted by atomic mass is 16.5. The summed E-state index contributed by atoms with van der Waals surface area (Å²) in [6.07, 6.45) is 0.982. The van der Waals surface area contributed by atoms with Gasteiger partial charge in [0.2, 0.25) is 5.91 Å². The molecule has 5 heteroatoms. The molecule has 2 amide bonds. The molecule has 0 radical (unpaired) electrons. The van der Waals surface area contributed by atoms with Crippen LogP contribution in [-0.2, 0) is 9.59 Å². The average molecular weight is 352 g/mol. The van der Waals surface area contributed by atoms with Gasteiger partial charge in [-0.05, 0) is 43.5 Å². The number of amides is 2. The largest absolute Gasteiger partial charge is 0.482 e. The number of hydrogen-bond donors (Lipinski definition) is 1. The topological polar surface area (TPSA) is 58.6 Å². The monoisotopic (exact) mass is 352 g/mol. The van der Waals surface area contributed by atoms with E-state index in [9.17, 15) is 9.59 Å². The van der Waals surface area contributed by atoms with Crippen LogP contribution < -0.4 is 15.0 Å². The second kappa shape index (κ2) is 8.04. The molecule has 1 aliphatic rings. The Morgan fingerprint density at radius 1 is 1.23 bits per heavy atom. The van der Waals surface area contributed by atoms with Crippen molar-refractivity contribution in [3.8, 4) is 5.75 Å². The molecule has 0 saturated carbocycles. The van der Waals surface area contributed by atoms with Crippen LogP contribution in [0.15, 0.2) is 48.5 Å². The van der Waals surface area contributed by atoms with E-state index < -0.39 is 0 Å². The van der Waals surface area contributed by atoms with Gasteiger partial charge in [-0.25, -0.2) is 0 Å². The maximum atomic E-state index is 12.2. The highest BCUT2D eigenvalue weighted by molar-refractivity contribution is 5.97. The van der Waals surface area contributed by atoms with E-state index in [0.29, 0.717) is 19.4 Å². The zero-order valence-corrected chi connectivity index (χ0v) is 15.2. The molecule has 1 N–H and O–H groups in total. The minimum Gasteiger partial charge on any atom is -0.482 e. The Labute approximate surface area is 154 Å². The predicted octanol–water partition coefficient (Wildman–Crippen LogP) is 3.38. The van der Waals surface area contributed by atoms with Gasteiger partial charge in [-0.1, -0.05) is 36.4 Å². The van der Waals surface area contributed by atoms with Gasteiger partial charge in [0.05, 0.1) is 11.7 Å². The summed E-state index contributed by atoms with van der Waals surface area (Å²) in [5.41, 5.74) is 2.95. The van der Waals surface area contributed by atoms with Crippen molar-refractivity contribution in [1.82, 2.24) is 5.32 Å². The molecule has 0 fully saturated rings. The molecule has 136 valence electrons. The Morgan fingerprint density at radius 3 is 2.77 bits per heavy atom. The van der Waals surface area contributed by atoms with Crippen molar-refractivity contribution in [2.45, 2.75) is 32.7 Å². The van der Waals surface area contributed by atoms with Gasteiger partial charge in [-0.3, -0.25) is 9.59 Å². The molecule has 0 unspecified atom stereocenters. The summed E-state index contributed by atoms with van der Waals surface area (Å²) in [6.45, 7) is 4.51. The summed E-state index contributed by atoms with van der Waals surface area (Å²) < 4.78 is 5.51. The highest BCUT2D eigenvalue weighted by Crippen LogP contribution is 2.32. The summed E-state index contributed by atoms with van der Waals surface area (Å²) in [6, 6.07) is 15.6. The SMILES string of the molecule is Cc1ccc2c(c1)OCC(=O)N2CCCC(=O)N[C@H](C)c1ccccc1. The zero-order chi connectivity index (χ0) is 18.5. The van der Waals surface area contributed by atoms with Gasteiger partial charge in [0.25, 0.3) is 5.91 Å². The third-order valence-electron chi connectivity index (χ3n) is 4.52. The number of ether oxygens (including phenoxy) is 1. The molecule has 2 aromatic carbocycles. The molecule has 2 aromatic rings. The van der Waals surface area contributed by atoms with E-state index in [-0.39, 0.29) is 24.5 Å². The maximum Gasteiger partial charge on any atom is 0.265 e. The Hall–Kier alpha value is -2.82. The average Bonchev–Trinajstić information content (AvgIpc) is 2.64. The van der Waals surface area contributed by atoms with Gasteiger partial charge in [-0.2, -0.15) is 0 Å². The number of rotatable bonds is 6. The van der Waals surface area contributed by atoms with Crippen molar-refractivity contribution >= 4 is 17.5 Å². The Kier molecular flexibility index (Phi) is 5.56. The third kappa shape index (κ3) is 4.23. The molecule has 26 heavy (non-hydrogen) atoms. The van der Waals surface area contributed by atoms with E-state index >= 15 is 0 Å². The van der Waals surface area contributed by atoms with E-state index in [4.69, 9.17) is 4.74 Å². The highest BCUT2D eigenvalue weighted by Gasteiger charge is 2.25. The molecule has 0 spiro atoms. The first kappa shape index (κ1) is 18.0. The quantitative estimate of drug-likeness (QED) is 0.867. The number of carbonyl (C=O) groups excluding carboxylic acids is 2. The number of nitrogens with zero attached hydrogens (tertiary/aromatic N) is 1. The molecule has 1 atom stereocenters. The van der Waals surface area contributed by atoms with Crippen LogP contribution in [0.4, 0.5) is 5.69 Å². The zero-order valence-electron chi connectivity index (χ0n) is 15.2. The van der Waals surface area contributed by atoms with Crippen molar-refractivity contribution < 1.29 is 14.3 Å². The van der Waals surface area contributed by atoms with Gasteiger partial charge in [0, 0.05) is 13.0 Å². The molecular formula is C21H24N2O3. The van der Waals surface area contributed by atoms with Gasteiger partial charge < -0.3 is 15.0 Å².